The first kappa shape index (κ1) is 17.0. The Kier molecular flexibility index (Phi) is 5.35. The van der Waals surface area contributed by atoms with Crippen molar-refractivity contribution in [2.45, 2.75) is 40.2 Å². The zero-order valence-corrected chi connectivity index (χ0v) is 13.3. The Morgan fingerprint density at radius 1 is 1.24 bits per heavy atom. The molecule has 0 saturated heterocycles. The normalized spacial score (nSPS) is 11.1. The number of hydrogen-bond donors (Lipinski definition) is 1. The third-order valence-corrected chi connectivity index (χ3v) is 3.10. The topological polar surface area (TPSA) is 66.8 Å². The average Bonchev–Trinajstić information content (AvgIpc) is 2.35. The molecular weight excluding hydrogens is 270 g/mol. The molecule has 1 rings (SSSR count). The van der Waals surface area contributed by atoms with Crippen LogP contribution in [0.1, 0.15) is 31.9 Å². The van der Waals surface area contributed by atoms with E-state index in [9.17, 15) is 9.59 Å². The van der Waals surface area contributed by atoms with Crippen molar-refractivity contribution >= 4 is 11.9 Å². The largest absolute Gasteiger partial charge is 0.483 e. The van der Waals surface area contributed by atoms with Crippen LogP contribution in [0.3, 0.4) is 0 Å². The molecule has 0 aliphatic heterocycles. The highest BCUT2D eigenvalue weighted by atomic mass is 16.5. The van der Waals surface area contributed by atoms with E-state index in [-0.39, 0.29) is 19.1 Å². The summed E-state index contributed by atoms with van der Waals surface area (Å²) >= 11 is 0. The van der Waals surface area contributed by atoms with Crippen molar-refractivity contribution in [3.63, 3.8) is 0 Å². The van der Waals surface area contributed by atoms with Gasteiger partial charge in [-0.2, -0.15) is 0 Å². The Morgan fingerprint density at radius 3 is 2.38 bits per heavy atom. The molecule has 1 aromatic carbocycles. The molecule has 21 heavy (non-hydrogen) atoms. The van der Waals surface area contributed by atoms with E-state index in [0.717, 1.165) is 11.1 Å². The van der Waals surface area contributed by atoms with Crippen molar-refractivity contribution in [1.29, 1.82) is 0 Å². The first-order chi connectivity index (χ1) is 9.61. The van der Waals surface area contributed by atoms with Gasteiger partial charge in [0.15, 0.2) is 6.61 Å². The monoisotopic (exact) mass is 293 g/mol. The van der Waals surface area contributed by atoms with Crippen molar-refractivity contribution in [1.82, 2.24) is 4.90 Å². The van der Waals surface area contributed by atoms with Gasteiger partial charge in [-0.1, -0.05) is 12.1 Å². The van der Waals surface area contributed by atoms with Crippen molar-refractivity contribution in [2.75, 3.05) is 13.2 Å². The highest BCUT2D eigenvalue weighted by Crippen LogP contribution is 2.20. The highest BCUT2D eigenvalue weighted by molar-refractivity contribution is 5.83. The fraction of sp³-hybridized carbons (Fsp3) is 0.500. The quantitative estimate of drug-likeness (QED) is 0.905. The van der Waals surface area contributed by atoms with Crippen molar-refractivity contribution in [2.24, 2.45) is 0 Å². The number of benzene rings is 1. The maximum Gasteiger partial charge on any atom is 0.323 e. The Morgan fingerprint density at radius 2 is 1.86 bits per heavy atom. The lowest BCUT2D eigenvalue weighted by Gasteiger charge is -2.34. The summed E-state index contributed by atoms with van der Waals surface area (Å²) in [6.45, 7) is 8.73. The van der Waals surface area contributed by atoms with Crippen LogP contribution in [0, 0.1) is 13.8 Å². The van der Waals surface area contributed by atoms with E-state index in [0.29, 0.717) is 5.75 Å². The number of amides is 1. The van der Waals surface area contributed by atoms with E-state index in [1.165, 1.54) is 4.90 Å². The van der Waals surface area contributed by atoms with E-state index in [1.807, 2.05) is 32.0 Å². The molecule has 0 aromatic heterocycles. The first-order valence-corrected chi connectivity index (χ1v) is 6.83. The first-order valence-electron chi connectivity index (χ1n) is 6.83. The zero-order chi connectivity index (χ0) is 16.2. The Labute approximate surface area is 125 Å². The van der Waals surface area contributed by atoms with Crippen LogP contribution in [-0.2, 0) is 9.59 Å². The van der Waals surface area contributed by atoms with Crippen molar-refractivity contribution < 1.29 is 19.4 Å². The van der Waals surface area contributed by atoms with Gasteiger partial charge in [0.25, 0.3) is 5.91 Å². The number of hydrogen-bond acceptors (Lipinski definition) is 3. The molecule has 0 bridgehead atoms. The standard InChI is InChI=1S/C16H23NO4/c1-11-6-7-12(2)13(8-11)21-10-14(18)17(9-15(19)20)16(3,4)5/h6-8H,9-10H2,1-5H3,(H,19,20). The summed E-state index contributed by atoms with van der Waals surface area (Å²) in [5, 5.41) is 8.93. The predicted octanol–water partition coefficient (Wildman–Crippen LogP) is 2.39. The highest BCUT2D eigenvalue weighted by Gasteiger charge is 2.28. The molecule has 1 aromatic rings. The van der Waals surface area contributed by atoms with Gasteiger partial charge in [0.2, 0.25) is 0 Å². The summed E-state index contributed by atoms with van der Waals surface area (Å²) < 4.78 is 5.55. The summed E-state index contributed by atoms with van der Waals surface area (Å²) in [5.41, 5.74) is 1.41. The fourth-order valence-electron chi connectivity index (χ4n) is 1.91. The van der Waals surface area contributed by atoms with Gasteiger partial charge in [-0.3, -0.25) is 9.59 Å². The number of aliphatic carboxylic acids is 1. The van der Waals surface area contributed by atoms with E-state index >= 15 is 0 Å². The van der Waals surface area contributed by atoms with Crippen LogP contribution >= 0.6 is 0 Å². The van der Waals surface area contributed by atoms with Crippen LogP contribution in [0.2, 0.25) is 0 Å². The molecule has 0 aliphatic carbocycles. The second-order valence-electron chi connectivity index (χ2n) is 6.10. The van der Waals surface area contributed by atoms with Crippen LogP contribution in [0.25, 0.3) is 0 Å². The molecule has 0 aliphatic rings. The van der Waals surface area contributed by atoms with Gasteiger partial charge in [-0.15, -0.1) is 0 Å². The second-order valence-corrected chi connectivity index (χ2v) is 6.10. The van der Waals surface area contributed by atoms with Crippen LogP contribution in [0.15, 0.2) is 18.2 Å². The third kappa shape index (κ3) is 5.10. The van der Waals surface area contributed by atoms with E-state index in [2.05, 4.69) is 0 Å². The number of carbonyl (C=O) groups is 2. The molecule has 0 heterocycles. The smallest absolute Gasteiger partial charge is 0.323 e. The summed E-state index contributed by atoms with van der Waals surface area (Å²) in [5.74, 6) is -0.733. The van der Waals surface area contributed by atoms with Gasteiger partial charge in [0.1, 0.15) is 12.3 Å². The summed E-state index contributed by atoms with van der Waals surface area (Å²) in [7, 11) is 0. The van der Waals surface area contributed by atoms with Gasteiger partial charge in [0, 0.05) is 5.54 Å². The minimum atomic E-state index is -1.04. The number of ether oxygens (including phenoxy) is 1. The Hall–Kier alpha value is -2.04. The number of carboxylic acid groups (broad SMARTS) is 1. The molecule has 5 heteroatoms. The van der Waals surface area contributed by atoms with Gasteiger partial charge in [0.05, 0.1) is 0 Å². The molecule has 0 radical (unpaired) electrons. The minimum absolute atomic E-state index is 0.172. The van der Waals surface area contributed by atoms with Gasteiger partial charge in [-0.25, -0.2) is 0 Å². The van der Waals surface area contributed by atoms with Crippen LogP contribution in [0.4, 0.5) is 0 Å². The lowest BCUT2D eigenvalue weighted by Crippen LogP contribution is -2.50. The Balaban J connectivity index is 2.78. The van der Waals surface area contributed by atoms with Crippen LogP contribution < -0.4 is 4.74 Å². The molecule has 1 N–H and O–H groups in total. The number of nitrogens with zero attached hydrogens (tertiary/aromatic N) is 1. The molecular formula is C16H23NO4. The van der Waals surface area contributed by atoms with Crippen LogP contribution in [0.5, 0.6) is 5.75 Å². The summed E-state index contributed by atoms with van der Waals surface area (Å²) in [6, 6.07) is 5.76. The predicted molar refractivity (Wildman–Crippen MR) is 80.5 cm³/mol. The number of carbonyl (C=O) groups excluding carboxylic acids is 1. The average molecular weight is 293 g/mol. The van der Waals surface area contributed by atoms with Gasteiger partial charge in [-0.05, 0) is 51.8 Å². The van der Waals surface area contributed by atoms with E-state index in [1.54, 1.807) is 20.8 Å². The number of aryl methyl sites for hydroxylation is 2. The number of rotatable bonds is 5. The molecule has 1 amide bonds. The van der Waals surface area contributed by atoms with Crippen molar-refractivity contribution in [3.05, 3.63) is 29.3 Å². The van der Waals surface area contributed by atoms with Gasteiger partial charge >= 0.3 is 5.97 Å². The second kappa shape index (κ2) is 6.61. The van der Waals surface area contributed by atoms with E-state index in [4.69, 9.17) is 9.84 Å². The number of carboxylic acids is 1. The Bertz CT molecular complexity index is 532. The minimum Gasteiger partial charge on any atom is -0.483 e. The molecule has 0 saturated carbocycles. The zero-order valence-electron chi connectivity index (χ0n) is 13.3. The molecule has 0 fully saturated rings. The molecule has 5 nitrogen and oxygen atoms in total. The fourth-order valence-corrected chi connectivity index (χ4v) is 1.91. The van der Waals surface area contributed by atoms with E-state index < -0.39 is 11.5 Å². The molecule has 0 atom stereocenters. The summed E-state index contributed by atoms with van der Waals surface area (Å²) in [6.07, 6.45) is 0. The van der Waals surface area contributed by atoms with Crippen LogP contribution in [-0.4, -0.2) is 40.6 Å². The van der Waals surface area contributed by atoms with Crippen molar-refractivity contribution in [3.8, 4) is 5.75 Å². The third-order valence-electron chi connectivity index (χ3n) is 3.10. The lowest BCUT2D eigenvalue weighted by atomic mass is 10.1. The molecule has 0 spiro atoms. The SMILES string of the molecule is Cc1ccc(C)c(OCC(=O)N(CC(=O)O)C(C)(C)C)c1. The maximum absolute atomic E-state index is 12.2. The molecule has 116 valence electrons. The lowest BCUT2D eigenvalue weighted by molar-refractivity contribution is -0.149. The maximum atomic E-state index is 12.2. The van der Waals surface area contributed by atoms with Gasteiger partial charge < -0.3 is 14.7 Å². The molecule has 0 unspecified atom stereocenters. The summed E-state index contributed by atoms with van der Waals surface area (Å²) in [4.78, 5) is 24.4.